The molecule has 0 bridgehead atoms. The Labute approximate surface area is 101 Å². The summed E-state index contributed by atoms with van der Waals surface area (Å²) in [6.07, 6.45) is 1.38. The highest BCUT2D eigenvalue weighted by molar-refractivity contribution is 5.95. The van der Waals surface area contributed by atoms with Crippen molar-refractivity contribution in [2.24, 2.45) is 5.92 Å². The van der Waals surface area contributed by atoms with Gasteiger partial charge in [0.1, 0.15) is 5.75 Å². The van der Waals surface area contributed by atoms with Crippen LogP contribution in [0, 0.1) is 5.92 Å². The summed E-state index contributed by atoms with van der Waals surface area (Å²) in [6.45, 7) is 6.56. The topological polar surface area (TPSA) is 40.5 Å². The van der Waals surface area contributed by atoms with Crippen LogP contribution in [0.5, 0.6) is 5.75 Å². The third-order valence-electron chi connectivity index (χ3n) is 3.28. The highest BCUT2D eigenvalue weighted by atomic mass is 16.3. The van der Waals surface area contributed by atoms with Crippen molar-refractivity contribution in [3.8, 4) is 5.75 Å². The molecule has 1 heterocycles. The summed E-state index contributed by atoms with van der Waals surface area (Å²) in [5, 5.41) is 9.79. The molecule has 90 valence electrons. The number of anilines is 1. The molecule has 1 aromatic carbocycles. The van der Waals surface area contributed by atoms with Crippen molar-refractivity contribution in [2.75, 3.05) is 11.4 Å². The molecule has 1 saturated heterocycles. The zero-order valence-corrected chi connectivity index (χ0v) is 10.0. The van der Waals surface area contributed by atoms with E-state index < -0.39 is 0 Å². The van der Waals surface area contributed by atoms with Gasteiger partial charge in [0.05, 0.1) is 5.69 Å². The summed E-state index contributed by atoms with van der Waals surface area (Å²) in [4.78, 5) is 13.6. The van der Waals surface area contributed by atoms with Crippen LogP contribution in [0.15, 0.2) is 36.4 Å². The number of carbonyl (C=O) groups excluding carboxylic acids is 1. The van der Waals surface area contributed by atoms with Crippen LogP contribution in [0.4, 0.5) is 5.69 Å². The van der Waals surface area contributed by atoms with Gasteiger partial charge in [0.2, 0.25) is 5.91 Å². The Hall–Kier alpha value is -1.77. The molecular formula is C14H17NO2. The van der Waals surface area contributed by atoms with E-state index in [4.69, 9.17) is 0 Å². The number of nitrogens with zero attached hydrogens (tertiary/aromatic N) is 1. The maximum absolute atomic E-state index is 11.9. The summed E-state index contributed by atoms with van der Waals surface area (Å²) >= 11 is 0. The third kappa shape index (κ3) is 2.33. The molecule has 1 N–H and O–H groups in total. The van der Waals surface area contributed by atoms with Crippen LogP contribution in [0.3, 0.4) is 0 Å². The SMILES string of the molecule is C=C(C)C1CCC(=O)N(c2ccccc2O)C1. The molecule has 3 nitrogen and oxygen atoms in total. The second kappa shape index (κ2) is 4.62. The summed E-state index contributed by atoms with van der Waals surface area (Å²) in [7, 11) is 0. The van der Waals surface area contributed by atoms with Gasteiger partial charge in [-0.2, -0.15) is 0 Å². The molecule has 1 fully saturated rings. The van der Waals surface area contributed by atoms with Crippen molar-refractivity contribution < 1.29 is 9.90 Å². The maximum Gasteiger partial charge on any atom is 0.227 e. The van der Waals surface area contributed by atoms with Crippen LogP contribution in [0.1, 0.15) is 19.8 Å². The lowest BCUT2D eigenvalue weighted by Crippen LogP contribution is -2.40. The molecule has 1 atom stereocenters. The maximum atomic E-state index is 11.9. The van der Waals surface area contributed by atoms with Crippen LogP contribution in [0.2, 0.25) is 0 Å². The average Bonchev–Trinajstić information content (AvgIpc) is 2.30. The first kappa shape index (κ1) is 11.7. The Morgan fingerprint density at radius 2 is 2.18 bits per heavy atom. The monoisotopic (exact) mass is 231 g/mol. The lowest BCUT2D eigenvalue weighted by atomic mass is 9.91. The number of piperidine rings is 1. The average molecular weight is 231 g/mol. The molecule has 0 spiro atoms. The van der Waals surface area contributed by atoms with E-state index in [2.05, 4.69) is 6.58 Å². The Kier molecular flexibility index (Phi) is 3.18. The number of para-hydroxylation sites is 2. The molecule has 1 aromatic rings. The number of phenols is 1. The van der Waals surface area contributed by atoms with E-state index >= 15 is 0 Å². The van der Waals surface area contributed by atoms with Gasteiger partial charge < -0.3 is 10.0 Å². The van der Waals surface area contributed by atoms with Crippen LogP contribution in [-0.4, -0.2) is 17.6 Å². The molecule has 1 aliphatic rings. The summed E-state index contributed by atoms with van der Waals surface area (Å²) in [6, 6.07) is 6.96. The van der Waals surface area contributed by atoms with Crippen molar-refractivity contribution in [3.63, 3.8) is 0 Å². The zero-order chi connectivity index (χ0) is 12.4. The standard InChI is InChI=1S/C14H17NO2/c1-10(2)11-7-8-14(17)15(9-11)12-5-3-4-6-13(12)16/h3-6,11,16H,1,7-9H2,2H3. The van der Waals surface area contributed by atoms with E-state index in [1.165, 1.54) is 0 Å². The quantitative estimate of drug-likeness (QED) is 0.795. The summed E-state index contributed by atoms with van der Waals surface area (Å²) < 4.78 is 0. The smallest absolute Gasteiger partial charge is 0.227 e. The number of aromatic hydroxyl groups is 1. The fraction of sp³-hybridized carbons (Fsp3) is 0.357. The highest BCUT2D eigenvalue weighted by Crippen LogP contribution is 2.32. The predicted octanol–water partition coefficient (Wildman–Crippen LogP) is 2.71. The number of carbonyl (C=O) groups is 1. The molecule has 0 radical (unpaired) electrons. The van der Waals surface area contributed by atoms with Crippen molar-refractivity contribution >= 4 is 11.6 Å². The van der Waals surface area contributed by atoms with E-state index in [-0.39, 0.29) is 11.7 Å². The number of hydrogen-bond donors (Lipinski definition) is 1. The van der Waals surface area contributed by atoms with E-state index in [0.717, 1.165) is 12.0 Å². The number of benzene rings is 1. The van der Waals surface area contributed by atoms with E-state index in [0.29, 0.717) is 24.6 Å². The van der Waals surface area contributed by atoms with Crippen molar-refractivity contribution in [1.82, 2.24) is 0 Å². The van der Waals surface area contributed by atoms with Gasteiger partial charge in [-0.15, -0.1) is 0 Å². The second-order valence-corrected chi connectivity index (χ2v) is 4.58. The molecule has 1 amide bonds. The van der Waals surface area contributed by atoms with Gasteiger partial charge in [0.25, 0.3) is 0 Å². The van der Waals surface area contributed by atoms with E-state index in [1.54, 1.807) is 23.1 Å². The van der Waals surface area contributed by atoms with Gasteiger partial charge in [-0.05, 0) is 31.4 Å². The van der Waals surface area contributed by atoms with E-state index in [9.17, 15) is 9.90 Å². The third-order valence-corrected chi connectivity index (χ3v) is 3.28. The van der Waals surface area contributed by atoms with E-state index in [1.807, 2.05) is 13.0 Å². The molecule has 17 heavy (non-hydrogen) atoms. The van der Waals surface area contributed by atoms with Crippen LogP contribution in [0.25, 0.3) is 0 Å². The van der Waals surface area contributed by atoms with Gasteiger partial charge >= 0.3 is 0 Å². The highest BCUT2D eigenvalue weighted by Gasteiger charge is 2.28. The second-order valence-electron chi connectivity index (χ2n) is 4.58. The first-order valence-electron chi connectivity index (χ1n) is 5.83. The Bertz CT molecular complexity index is 453. The Morgan fingerprint density at radius 3 is 2.82 bits per heavy atom. The lowest BCUT2D eigenvalue weighted by molar-refractivity contribution is -0.120. The van der Waals surface area contributed by atoms with Crippen molar-refractivity contribution in [1.29, 1.82) is 0 Å². The number of rotatable bonds is 2. The fourth-order valence-corrected chi connectivity index (χ4v) is 2.17. The number of hydrogen-bond acceptors (Lipinski definition) is 2. The molecule has 0 aromatic heterocycles. The zero-order valence-electron chi connectivity index (χ0n) is 10.0. The van der Waals surface area contributed by atoms with Gasteiger partial charge in [-0.1, -0.05) is 24.3 Å². The largest absolute Gasteiger partial charge is 0.506 e. The van der Waals surface area contributed by atoms with Crippen LogP contribution in [-0.2, 0) is 4.79 Å². The van der Waals surface area contributed by atoms with Gasteiger partial charge in [0.15, 0.2) is 0 Å². The Morgan fingerprint density at radius 1 is 1.47 bits per heavy atom. The van der Waals surface area contributed by atoms with Crippen molar-refractivity contribution in [3.05, 3.63) is 36.4 Å². The predicted molar refractivity (Wildman–Crippen MR) is 68.0 cm³/mol. The fourth-order valence-electron chi connectivity index (χ4n) is 2.17. The van der Waals surface area contributed by atoms with Crippen LogP contribution >= 0.6 is 0 Å². The van der Waals surface area contributed by atoms with Crippen LogP contribution < -0.4 is 4.90 Å². The minimum Gasteiger partial charge on any atom is -0.506 e. The minimum atomic E-state index is 0.0731. The number of phenolic OH excluding ortho intramolecular Hbond substituents is 1. The lowest BCUT2D eigenvalue weighted by Gasteiger charge is -2.33. The molecule has 2 rings (SSSR count). The first-order chi connectivity index (χ1) is 8.09. The van der Waals surface area contributed by atoms with Gasteiger partial charge in [-0.3, -0.25) is 4.79 Å². The molecule has 3 heteroatoms. The molecule has 1 aliphatic heterocycles. The molecular weight excluding hydrogens is 214 g/mol. The Balaban J connectivity index is 2.27. The summed E-state index contributed by atoms with van der Waals surface area (Å²) in [5.74, 6) is 0.555. The summed E-state index contributed by atoms with van der Waals surface area (Å²) in [5.41, 5.74) is 1.70. The molecule has 0 saturated carbocycles. The van der Waals surface area contributed by atoms with Gasteiger partial charge in [0, 0.05) is 13.0 Å². The number of amides is 1. The first-order valence-corrected chi connectivity index (χ1v) is 5.83. The van der Waals surface area contributed by atoms with Crippen molar-refractivity contribution in [2.45, 2.75) is 19.8 Å². The molecule has 1 unspecified atom stereocenters. The normalized spacial score (nSPS) is 20.4. The minimum absolute atomic E-state index is 0.0731. The van der Waals surface area contributed by atoms with Gasteiger partial charge in [-0.25, -0.2) is 0 Å². The molecule has 0 aliphatic carbocycles.